The van der Waals surface area contributed by atoms with Crippen LogP contribution in [-0.4, -0.2) is 24.4 Å². The topological polar surface area (TPSA) is 70.2 Å². The van der Waals surface area contributed by atoms with Crippen LogP contribution in [0.4, 0.5) is 5.69 Å². The molecule has 2 unspecified atom stereocenters. The molecule has 0 aromatic heterocycles. The molecule has 2 atom stereocenters. The number of hydrogen-bond acceptors (Lipinski definition) is 3. The number of hydrogen-bond donors (Lipinski definition) is 3. The molecule has 0 saturated carbocycles. The van der Waals surface area contributed by atoms with Crippen molar-refractivity contribution in [1.29, 1.82) is 0 Å². The molecule has 5 nitrogen and oxygen atoms in total. The van der Waals surface area contributed by atoms with E-state index in [1.807, 2.05) is 38.1 Å². The van der Waals surface area contributed by atoms with Gasteiger partial charge >= 0.3 is 0 Å². The number of carbonyl (C=O) groups is 2. The highest BCUT2D eigenvalue weighted by molar-refractivity contribution is 5.92. The molecule has 1 aromatic rings. The Bertz CT molecular complexity index is 524. The van der Waals surface area contributed by atoms with Crippen molar-refractivity contribution in [2.45, 2.75) is 45.7 Å². The highest BCUT2D eigenvalue weighted by Gasteiger charge is 2.21. The fraction of sp³-hybridized carbons (Fsp3) is 0.529. The van der Waals surface area contributed by atoms with Gasteiger partial charge < -0.3 is 16.0 Å². The van der Waals surface area contributed by atoms with E-state index < -0.39 is 0 Å². The molecule has 120 valence electrons. The van der Waals surface area contributed by atoms with Gasteiger partial charge in [0.1, 0.15) is 0 Å². The van der Waals surface area contributed by atoms with Crippen LogP contribution >= 0.6 is 0 Å². The molecule has 1 aliphatic rings. The first kappa shape index (κ1) is 16.5. The number of nitrogens with one attached hydrogen (secondary N) is 3. The second-order valence-corrected chi connectivity index (χ2v) is 5.87. The standard InChI is InChI=1S/C17H25N3O2/c1-3-12(2)16(21)20-14-7-4-6-13(10-14)11-19-17(22)15-8-5-9-18-15/h4,6-7,10,12,15,18H,3,5,8-9,11H2,1-2H3,(H,19,22)(H,20,21). The first-order valence-corrected chi connectivity index (χ1v) is 8.01. The third kappa shape index (κ3) is 4.56. The van der Waals surface area contributed by atoms with Gasteiger partial charge in [0.15, 0.2) is 0 Å². The predicted octanol–water partition coefficient (Wildman–Crippen LogP) is 2.04. The zero-order valence-electron chi connectivity index (χ0n) is 13.3. The maximum Gasteiger partial charge on any atom is 0.237 e. The Morgan fingerprint density at radius 3 is 2.91 bits per heavy atom. The third-order valence-corrected chi connectivity index (χ3v) is 4.10. The zero-order chi connectivity index (χ0) is 15.9. The SMILES string of the molecule is CCC(C)C(=O)Nc1cccc(CNC(=O)C2CCCN2)c1. The highest BCUT2D eigenvalue weighted by Crippen LogP contribution is 2.13. The Morgan fingerprint density at radius 2 is 2.23 bits per heavy atom. The fourth-order valence-electron chi connectivity index (χ4n) is 2.43. The molecule has 0 aliphatic carbocycles. The van der Waals surface area contributed by atoms with E-state index in [-0.39, 0.29) is 23.8 Å². The van der Waals surface area contributed by atoms with Crippen molar-refractivity contribution in [2.24, 2.45) is 5.92 Å². The summed E-state index contributed by atoms with van der Waals surface area (Å²) in [5, 5.41) is 9.03. The van der Waals surface area contributed by atoms with Crippen LogP contribution in [-0.2, 0) is 16.1 Å². The van der Waals surface area contributed by atoms with E-state index in [0.717, 1.165) is 37.1 Å². The van der Waals surface area contributed by atoms with E-state index in [2.05, 4.69) is 16.0 Å². The van der Waals surface area contributed by atoms with E-state index in [4.69, 9.17) is 0 Å². The Labute approximate surface area is 131 Å². The summed E-state index contributed by atoms with van der Waals surface area (Å²) in [7, 11) is 0. The van der Waals surface area contributed by atoms with Gasteiger partial charge in [-0.2, -0.15) is 0 Å². The van der Waals surface area contributed by atoms with E-state index in [1.165, 1.54) is 0 Å². The maximum absolute atomic E-state index is 12.0. The minimum atomic E-state index is -0.0618. The zero-order valence-corrected chi connectivity index (χ0v) is 13.3. The molecule has 1 fully saturated rings. The first-order chi connectivity index (χ1) is 10.6. The van der Waals surface area contributed by atoms with Gasteiger partial charge in [0.25, 0.3) is 0 Å². The fourth-order valence-corrected chi connectivity index (χ4v) is 2.43. The van der Waals surface area contributed by atoms with Crippen molar-refractivity contribution in [3.63, 3.8) is 0 Å². The van der Waals surface area contributed by atoms with Gasteiger partial charge in [0, 0.05) is 18.2 Å². The molecule has 0 spiro atoms. The molecule has 0 bridgehead atoms. The number of rotatable bonds is 6. The van der Waals surface area contributed by atoms with Crippen LogP contribution in [0.3, 0.4) is 0 Å². The van der Waals surface area contributed by atoms with Gasteiger partial charge in [0.05, 0.1) is 6.04 Å². The molecular weight excluding hydrogens is 278 g/mol. The average molecular weight is 303 g/mol. The van der Waals surface area contributed by atoms with Crippen molar-refractivity contribution in [3.05, 3.63) is 29.8 Å². The van der Waals surface area contributed by atoms with Crippen LogP contribution in [0.25, 0.3) is 0 Å². The summed E-state index contributed by atoms with van der Waals surface area (Å²) >= 11 is 0. The lowest BCUT2D eigenvalue weighted by Crippen LogP contribution is -2.40. The lowest BCUT2D eigenvalue weighted by molar-refractivity contribution is -0.123. The summed E-state index contributed by atoms with van der Waals surface area (Å²) in [4.78, 5) is 23.9. The normalized spacial score (nSPS) is 18.7. The summed E-state index contributed by atoms with van der Waals surface area (Å²) in [5.74, 6) is 0.0715. The second-order valence-electron chi connectivity index (χ2n) is 5.87. The molecule has 1 saturated heterocycles. The number of amides is 2. The smallest absolute Gasteiger partial charge is 0.237 e. The van der Waals surface area contributed by atoms with Gasteiger partial charge in [-0.25, -0.2) is 0 Å². The summed E-state index contributed by atoms with van der Waals surface area (Å²) in [5.41, 5.74) is 1.75. The lowest BCUT2D eigenvalue weighted by Gasteiger charge is -2.13. The van der Waals surface area contributed by atoms with Crippen molar-refractivity contribution < 1.29 is 9.59 Å². The largest absolute Gasteiger partial charge is 0.351 e. The molecule has 5 heteroatoms. The van der Waals surface area contributed by atoms with E-state index in [9.17, 15) is 9.59 Å². The van der Waals surface area contributed by atoms with Gasteiger partial charge in [0.2, 0.25) is 11.8 Å². The average Bonchev–Trinajstić information content (AvgIpc) is 3.06. The maximum atomic E-state index is 12.0. The molecule has 0 radical (unpaired) electrons. The second kappa shape index (κ2) is 7.94. The van der Waals surface area contributed by atoms with E-state index in [0.29, 0.717) is 6.54 Å². The van der Waals surface area contributed by atoms with Gasteiger partial charge in [-0.15, -0.1) is 0 Å². The van der Waals surface area contributed by atoms with Crippen molar-refractivity contribution in [3.8, 4) is 0 Å². The Morgan fingerprint density at radius 1 is 1.41 bits per heavy atom. The van der Waals surface area contributed by atoms with Crippen LogP contribution in [0.2, 0.25) is 0 Å². The molecule has 3 N–H and O–H groups in total. The van der Waals surface area contributed by atoms with Crippen LogP contribution in [0.1, 0.15) is 38.7 Å². The third-order valence-electron chi connectivity index (χ3n) is 4.10. The monoisotopic (exact) mass is 303 g/mol. The van der Waals surface area contributed by atoms with Crippen LogP contribution in [0.15, 0.2) is 24.3 Å². The number of carbonyl (C=O) groups excluding carboxylic acids is 2. The Kier molecular flexibility index (Phi) is 5.95. The quantitative estimate of drug-likeness (QED) is 0.753. The van der Waals surface area contributed by atoms with Crippen LogP contribution in [0, 0.1) is 5.92 Å². The first-order valence-electron chi connectivity index (χ1n) is 8.01. The van der Waals surface area contributed by atoms with E-state index in [1.54, 1.807) is 0 Å². The minimum Gasteiger partial charge on any atom is -0.351 e. The summed E-state index contributed by atoms with van der Waals surface area (Å²) in [6.45, 7) is 5.29. The molecule has 1 aromatic carbocycles. The molecule has 1 aliphatic heterocycles. The summed E-state index contributed by atoms with van der Waals surface area (Å²) in [6, 6.07) is 7.54. The van der Waals surface area contributed by atoms with Crippen LogP contribution in [0.5, 0.6) is 0 Å². The van der Waals surface area contributed by atoms with Gasteiger partial charge in [-0.05, 0) is 43.5 Å². The number of benzene rings is 1. The molecular formula is C17H25N3O2. The molecule has 2 rings (SSSR count). The molecule has 22 heavy (non-hydrogen) atoms. The molecule has 1 heterocycles. The van der Waals surface area contributed by atoms with E-state index >= 15 is 0 Å². The Hall–Kier alpha value is -1.88. The van der Waals surface area contributed by atoms with Crippen LogP contribution < -0.4 is 16.0 Å². The lowest BCUT2D eigenvalue weighted by atomic mass is 10.1. The van der Waals surface area contributed by atoms with Crippen molar-refractivity contribution in [2.75, 3.05) is 11.9 Å². The number of anilines is 1. The van der Waals surface area contributed by atoms with Gasteiger partial charge in [-0.3, -0.25) is 9.59 Å². The molecule has 2 amide bonds. The highest BCUT2D eigenvalue weighted by atomic mass is 16.2. The summed E-state index contributed by atoms with van der Waals surface area (Å²) < 4.78 is 0. The summed E-state index contributed by atoms with van der Waals surface area (Å²) in [6.07, 6.45) is 2.77. The van der Waals surface area contributed by atoms with Gasteiger partial charge in [-0.1, -0.05) is 26.0 Å². The predicted molar refractivity (Wildman–Crippen MR) is 87.4 cm³/mol. The Balaban J connectivity index is 1.88. The minimum absolute atomic E-state index is 0.00296. The van der Waals surface area contributed by atoms with Crippen molar-refractivity contribution >= 4 is 17.5 Å². The van der Waals surface area contributed by atoms with Crippen molar-refractivity contribution in [1.82, 2.24) is 10.6 Å².